The van der Waals surface area contributed by atoms with E-state index in [1.807, 2.05) is 0 Å². The molecule has 7 aromatic carbocycles. The predicted octanol–water partition coefficient (Wildman–Crippen LogP) is 13.0. The maximum atomic E-state index is 6.79. The molecule has 8 aromatic rings. The van der Waals surface area contributed by atoms with Gasteiger partial charge in [0.1, 0.15) is 11.2 Å². The molecule has 0 radical (unpaired) electrons. The maximum absolute atomic E-state index is 6.79. The number of allylic oxidation sites excluding steroid dienone is 2. The van der Waals surface area contributed by atoms with Gasteiger partial charge in [-0.1, -0.05) is 153 Å². The molecule has 4 aliphatic carbocycles. The van der Waals surface area contributed by atoms with Gasteiger partial charge in [-0.2, -0.15) is 0 Å². The van der Waals surface area contributed by atoms with Gasteiger partial charge in [0.05, 0.1) is 11.5 Å². The number of fused-ring (bicyclic) bond motifs is 20. The summed E-state index contributed by atoms with van der Waals surface area (Å²) >= 11 is 0. The number of para-hydroxylation sites is 1. The Bertz CT molecular complexity index is 3060. The Balaban J connectivity index is 1.11. The average molecular weight is 690 g/mol. The van der Waals surface area contributed by atoms with Crippen LogP contribution in [0.2, 0.25) is 0 Å². The van der Waals surface area contributed by atoms with Crippen LogP contribution in [0.5, 0.6) is 0 Å². The number of benzene rings is 7. The fraction of sp³-hybridized carbons (Fsp3) is 0.115. The molecule has 0 bridgehead atoms. The van der Waals surface area contributed by atoms with Crippen LogP contribution in [0.3, 0.4) is 0 Å². The topological polar surface area (TPSA) is 16.4 Å². The number of anilines is 2. The van der Waals surface area contributed by atoms with Crippen LogP contribution in [0.4, 0.5) is 11.4 Å². The highest BCUT2D eigenvalue weighted by Crippen LogP contribution is 2.66. The maximum Gasteiger partial charge on any atom is 0.143 e. The van der Waals surface area contributed by atoms with Crippen molar-refractivity contribution in [3.8, 4) is 33.4 Å². The Labute approximate surface area is 314 Å². The largest absolute Gasteiger partial charge is 0.455 e. The molecule has 54 heavy (non-hydrogen) atoms. The fourth-order valence-corrected chi connectivity index (χ4v) is 11.4. The van der Waals surface area contributed by atoms with Gasteiger partial charge in [0.25, 0.3) is 0 Å². The third kappa shape index (κ3) is 3.23. The summed E-state index contributed by atoms with van der Waals surface area (Å²) in [4.78, 5) is 2.68. The first-order valence-corrected chi connectivity index (χ1v) is 19.3. The Morgan fingerprint density at radius 2 is 1.17 bits per heavy atom. The van der Waals surface area contributed by atoms with E-state index >= 15 is 0 Å². The number of hydrogen-bond acceptors (Lipinski definition) is 2. The van der Waals surface area contributed by atoms with Crippen LogP contribution >= 0.6 is 0 Å². The van der Waals surface area contributed by atoms with Crippen molar-refractivity contribution in [2.45, 2.75) is 36.6 Å². The quantitative estimate of drug-likeness (QED) is 0.171. The second kappa shape index (κ2) is 9.78. The predicted molar refractivity (Wildman–Crippen MR) is 221 cm³/mol. The summed E-state index contributed by atoms with van der Waals surface area (Å²) in [5.41, 5.74) is 21.4. The molecule has 0 amide bonds. The van der Waals surface area contributed by atoms with Gasteiger partial charge in [0.2, 0.25) is 0 Å². The molecule has 0 N–H and O–H groups in total. The van der Waals surface area contributed by atoms with Gasteiger partial charge >= 0.3 is 0 Å². The summed E-state index contributed by atoms with van der Waals surface area (Å²) in [5, 5.41) is 2.34. The highest BCUT2D eigenvalue weighted by molar-refractivity contribution is 6.13. The fourth-order valence-electron chi connectivity index (χ4n) is 11.4. The van der Waals surface area contributed by atoms with Crippen molar-refractivity contribution in [3.05, 3.63) is 203 Å². The minimum Gasteiger partial charge on any atom is -0.455 e. The van der Waals surface area contributed by atoms with Crippen LogP contribution in [0.15, 0.2) is 168 Å². The molecule has 0 fully saturated rings. The van der Waals surface area contributed by atoms with Crippen molar-refractivity contribution < 1.29 is 4.42 Å². The first-order chi connectivity index (χ1) is 26.6. The third-order valence-corrected chi connectivity index (χ3v) is 13.6. The van der Waals surface area contributed by atoms with Crippen molar-refractivity contribution in [3.63, 3.8) is 0 Å². The molecule has 1 aliphatic heterocycles. The molecule has 1 aromatic heterocycles. The SMILES string of the molecule is CC1(C)c2ccccc2-c2cc3c(cc21)N(c1cccc2c1-c1ccccc1C21c2ccccc2-c2c1ccc1c2oc2ccccc21)C1C=CC=CC31. The minimum atomic E-state index is -0.479. The normalized spacial score (nSPS) is 21.2. The standard InChI is InChI=1S/C52H35NO/c1-51(2)38-19-8-3-14-30(38)36-28-37-31-15-6-11-23-44(31)53(46(37)29-43(36)51)45-24-13-22-41-48(45)34-17-4-9-20-39(34)52(41)40-21-10-5-18-35(40)49-42(52)27-26-33-32-16-7-12-25-47(32)54-50(33)49/h3-29,31,44H,1-2H3. The van der Waals surface area contributed by atoms with Crippen LogP contribution in [-0.2, 0) is 10.8 Å². The average Bonchev–Trinajstić information content (AvgIpc) is 3.97. The van der Waals surface area contributed by atoms with Crippen molar-refractivity contribution in [2.75, 3.05) is 4.90 Å². The molecular weight excluding hydrogens is 655 g/mol. The summed E-state index contributed by atoms with van der Waals surface area (Å²) < 4.78 is 6.79. The molecule has 5 aliphatic rings. The summed E-state index contributed by atoms with van der Waals surface area (Å²) in [6, 6.07) is 52.8. The molecule has 1 spiro atoms. The number of nitrogens with zero attached hydrogens (tertiary/aromatic N) is 1. The van der Waals surface area contributed by atoms with Gasteiger partial charge in [0.15, 0.2) is 0 Å². The molecule has 0 saturated heterocycles. The minimum absolute atomic E-state index is 0.0827. The van der Waals surface area contributed by atoms with Crippen molar-refractivity contribution >= 4 is 33.3 Å². The first-order valence-electron chi connectivity index (χ1n) is 19.3. The Morgan fingerprint density at radius 1 is 0.500 bits per heavy atom. The second-order valence-electron chi connectivity index (χ2n) is 16.3. The van der Waals surface area contributed by atoms with Crippen molar-refractivity contribution in [1.29, 1.82) is 0 Å². The summed E-state index contributed by atoms with van der Waals surface area (Å²) in [6.45, 7) is 4.79. The van der Waals surface area contributed by atoms with Crippen LogP contribution in [0, 0.1) is 0 Å². The lowest BCUT2D eigenvalue weighted by molar-refractivity contribution is 0.660. The van der Waals surface area contributed by atoms with Crippen LogP contribution in [0.25, 0.3) is 55.3 Å². The second-order valence-corrected chi connectivity index (χ2v) is 16.3. The van der Waals surface area contributed by atoms with E-state index < -0.39 is 5.41 Å². The van der Waals surface area contributed by atoms with E-state index in [4.69, 9.17) is 4.42 Å². The van der Waals surface area contributed by atoms with E-state index in [1.54, 1.807) is 0 Å². The Morgan fingerprint density at radius 3 is 2.00 bits per heavy atom. The first kappa shape index (κ1) is 29.1. The molecule has 3 unspecified atom stereocenters. The van der Waals surface area contributed by atoms with E-state index in [2.05, 4.69) is 183 Å². The van der Waals surface area contributed by atoms with E-state index in [0.29, 0.717) is 0 Å². The lowest BCUT2D eigenvalue weighted by atomic mass is 9.70. The zero-order valence-electron chi connectivity index (χ0n) is 30.1. The molecular formula is C52H35NO. The smallest absolute Gasteiger partial charge is 0.143 e. The van der Waals surface area contributed by atoms with E-state index in [0.717, 1.165) is 16.6 Å². The van der Waals surface area contributed by atoms with Gasteiger partial charge in [0, 0.05) is 44.6 Å². The lowest BCUT2D eigenvalue weighted by Gasteiger charge is -2.33. The van der Waals surface area contributed by atoms with Crippen LogP contribution in [-0.4, -0.2) is 6.04 Å². The number of furan rings is 1. The van der Waals surface area contributed by atoms with Gasteiger partial charge in [-0.05, 0) is 85.5 Å². The number of hydrogen-bond donors (Lipinski definition) is 0. The third-order valence-electron chi connectivity index (χ3n) is 13.6. The Kier molecular flexibility index (Phi) is 5.27. The Hall–Kier alpha value is -6.38. The zero-order chi connectivity index (χ0) is 35.5. The molecule has 0 saturated carbocycles. The highest BCUT2D eigenvalue weighted by Gasteiger charge is 2.54. The molecule has 2 heterocycles. The molecule has 3 atom stereocenters. The molecule has 254 valence electrons. The molecule has 2 heteroatoms. The van der Waals surface area contributed by atoms with Crippen LogP contribution < -0.4 is 4.90 Å². The van der Waals surface area contributed by atoms with E-state index in [-0.39, 0.29) is 17.4 Å². The van der Waals surface area contributed by atoms with Crippen molar-refractivity contribution in [2.24, 2.45) is 0 Å². The van der Waals surface area contributed by atoms with Gasteiger partial charge in [-0.25, -0.2) is 0 Å². The lowest BCUT2D eigenvalue weighted by Crippen LogP contribution is -2.29. The molecule has 13 rings (SSSR count). The van der Waals surface area contributed by atoms with Gasteiger partial charge < -0.3 is 9.32 Å². The van der Waals surface area contributed by atoms with E-state index in [1.165, 1.54) is 89.1 Å². The van der Waals surface area contributed by atoms with Crippen molar-refractivity contribution in [1.82, 2.24) is 0 Å². The van der Waals surface area contributed by atoms with Gasteiger partial charge in [-0.15, -0.1) is 0 Å². The molecule has 2 nitrogen and oxygen atoms in total. The van der Waals surface area contributed by atoms with E-state index in [9.17, 15) is 0 Å². The monoisotopic (exact) mass is 689 g/mol. The summed E-state index contributed by atoms with van der Waals surface area (Å²) in [6.07, 6.45) is 9.32. The van der Waals surface area contributed by atoms with Gasteiger partial charge in [-0.3, -0.25) is 0 Å². The highest BCUT2D eigenvalue weighted by atomic mass is 16.3. The van der Waals surface area contributed by atoms with Crippen LogP contribution in [0.1, 0.15) is 58.7 Å². The zero-order valence-corrected chi connectivity index (χ0v) is 30.1. The summed E-state index contributed by atoms with van der Waals surface area (Å²) in [7, 11) is 0. The number of rotatable bonds is 1. The summed E-state index contributed by atoms with van der Waals surface area (Å²) in [5.74, 6) is 0.266.